The van der Waals surface area contributed by atoms with E-state index in [-0.39, 0.29) is 5.56 Å². The standard InChI is InChI=1S/C10H13N3O2S2/c1-17(15)5-3-11-6-8-12-7-2-4-16-9(7)10(14)13-8/h2,4,11H,3,5-6H2,1H3,(H,12,13,14). The summed E-state index contributed by atoms with van der Waals surface area (Å²) in [6.07, 6.45) is 1.67. The van der Waals surface area contributed by atoms with Crippen molar-refractivity contribution in [2.24, 2.45) is 0 Å². The zero-order valence-corrected chi connectivity index (χ0v) is 11.0. The van der Waals surface area contributed by atoms with Gasteiger partial charge in [0.05, 0.1) is 12.1 Å². The number of rotatable bonds is 5. The predicted molar refractivity (Wildman–Crippen MR) is 70.9 cm³/mol. The van der Waals surface area contributed by atoms with E-state index in [1.165, 1.54) is 11.3 Å². The van der Waals surface area contributed by atoms with E-state index in [0.29, 0.717) is 29.4 Å². The minimum Gasteiger partial charge on any atom is -0.309 e. The van der Waals surface area contributed by atoms with Gasteiger partial charge in [-0.2, -0.15) is 0 Å². The highest BCUT2D eigenvalue weighted by Crippen LogP contribution is 2.13. The Morgan fingerprint density at radius 2 is 2.41 bits per heavy atom. The third kappa shape index (κ3) is 3.21. The molecule has 1 atom stereocenters. The van der Waals surface area contributed by atoms with Crippen molar-refractivity contribution in [1.82, 2.24) is 15.3 Å². The Hall–Kier alpha value is -1.05. The first-order chi connectivity index (χ1) is 8.16. The number of H-pyrrole nitrogens is 1. The second-order valence-electron chi connectivity index (χ2n) is 3.60. The third-order valence-corrected chi connectivity index (χ3v) is 3.90. The van der Waals surface area contributed by atoms with E-state index in [2.05, 4.69) is 15.3 Å². The second kappa shape index (κ2) is 5.52. The maximum absolute atomic E-state index is 11.6. The topological polar surface area (TPSA) is 74.8 Å². The van der Waals surface area contributed by atoms with E-state index in [9.17, 15) is 9.00 Å². The Morgan fingerprint density at radius 3 is 3.18 bits per heavy atom. The number of aromatic amines is 1. The van der Waals surface area contributed by atoms with Gasteiger partial charge >= 0.3 is 0 Å². The summed E-state index contributed by atoms with van der Waals surface area (Å²) in [4.78, 5) is 18.7. The molecule has 0 radical (unpaired) electrons. The minimum absolute atomic E-state index is 0.0964. The quantitative estimate of drug-likeness (QED) is 0.774. The summed E-state index contributed by atoms with van der Waals surface area (Å²) in [5, 5.41) is 4.95. The van der Waals surface area contributed by atoms with Crippen molar-refractivity contribution in [3.63, 3.8) is 0 Å². The number of hydrogen-bond donors (Lipinski definition) is 2. The van der Waals surface area contributed by atoms with E-state index in [1.807, 2.05) is 11.4 Å². The molecule has 0 spiro atoms. The van der Waals surface area contributed by atoms with Crippen molar-refractivity contribution in [3.05, 3.63) is 27.6 Å². The highest BCUT2D eigenvalue weighted by atomic mass is 32.2. The Kier molecular flexibility index (Phi) is 4.03. The van der Waals surface area contributed by atoms with Gasteiger partial charge < -0.3 is 10.3 Å². The van der Waals surface area contributed by atoms with Crippen molar-refractivity contribution >= 4 is 32.4 Å². The molecule has 0 aliphatic carbocycles. The number of nitrogens with one attached hydrogen (secondary N) is 2. The summed E-state index contributed by atoms with van der Waals surface area (Å²) in [6, 6.07) is 1.83. The molecule has 0 fully saturated rings. The molecule has 5 nitrogen and oxygen atoms in total. The van der Waals surface area contributed by atoms with Crippen LogP contribution in [0.5, 0.6) is 0 Å². The Balaban J connectivity index is 2.04. The Morgan fingerprint density at radius 1 is 1.59 bits per heavy atom. The Labute approximate surface area is 105 Å². The molecule has 0 aliphatic rings. The second-order valence-corrected chi connectivity index (χ2v) is 6.07. The lowest BCUT2D eigenvalue weighted by molar-refractivity contribution is 0.668. The van der Waals surface area contributed by atoms with E-state index in [0.717, 1.165) is 5.52 Å². The van der Waals surface area contributed by atoms with Crippen LogP contribution in [-0.2, 0) is 17.3 Å². The summed E-state index contributed by atoms with van der Waals surface area (Å²) >= 11 is 1.39. The average molecular weight is 271 g/mol. The molecule has 7 heteroatoms. The monoisotopic (exact) mass is 271 g/mol. The third-order valence-electron chi connectivity index (χ3n) is 2.22. The molecule has 2 heterocycles. The Bertz CT molecular complexity index is 590. The summed E-state index contributed by atoms with van der Waals surface area (Å²) in [5.41, 5.74) is 0.635. The van der Waals surface area contributed by atoms with Gasteiger partial charge in [0.1, 0.15) is 10.5 Å². The smallest absolute Gasteiger partial charge is 0.268 e. The number of aromatic nitrogens is 2. The van der Waals surface area contributed by atoms with Crippen molar-refractivity contribution in [2.75, 3.05) is 18.6 Å². The summed E-state index contributed by atoms with van der Waals surface area (Å²) < 4.78 is 11.5. The fourth-order valence-corrected chi connectivity index (χ4v) is 2.59. The molecule has 2 aromatic rings. The maximum atomic E-state index is 11.6. The van der Waals surface area contributed by atoms with Crippen LogP contribution in [0.25, 0.3) is 10.2 Å². The van der Waals surface area contributed by atoms with Gasteiger partial charge in [-0.1, -0.05) is 0 Å². The summed E-state index contributed by atoms with van der Waals surface area (Å²) in [5.74, 6) is 1.22. The molecular weight excluding hydrogens is 258 g/mol. The number of hydrogen-bond acceptors (Lipinski definition) is 5. The van der Waals surface area contributed by atoms with Crippen molar-refractivity contribution in [2.45, 2.75) is 6.54 Å². The summed E-state index contributed by atoms with van der Waals surface area (Å²) in [7, 11) is -0.797. The van der Waals surface area contributed by atoms with Gasteiger partial charge in [-0.05, 0) is 11.4 Å². The van der Waals surface area contributed by atoms with Crippen molar-refractivity contribution < 1.29 is 4.21 Å². The first-order valence-electron chi connectivity index (χ1n) is 5.14. The molecule has 0 bridgehead atoms. The number of fused-ring (bicyclic) bond motifs is 1. The molecule has 0 amide bonds. The number of thiophene rings is 1. The van der Waals surface area contributed by atoms with Crippen LogP contribution in [0, 0.1) is 0 Å². The zero-order chi connectivity index (χ0) is 12.3. The van der Waals surface area contributed by atoms with Crippen molar-refractivity contribution in [3.8, 4) is 0 Å². The van der Waals surface area contributed by atoms with Crippen LogP contribution in [0.1, 0.15) is 5.82 Å². The molecule has 2 aromatic heterocycles. The SMILES string of the molecule is CS(=O)CCNCc1nc2ccsc2c(=O)[nH]1. The fourth-order valence-electron chi connectivity index (χ4n) is 1.43. The van der Waals surface area contributed by atoms with Gasteiger partial charge in [0, 0.05) is 29.4 Å². The van der Waals surface area contributed by atoms with Crippen LogP contribution >= 0.6 is 11.3 Å². The van der Waals surface area contributed by atoms with E-state index < -0.39 is 10.8 Å². The van der Waals surface area contributed by atoms with E-state index >= 15 is 0 Å². The van der Waals surface area contributed by atoms with Crippen LogP contribution in [0.4, 0.5) is 0 Å². The molecule has 0 aromatic carbocycles. The molecule has 1 unspecified atom stereocenters. The van der Waals surface area contributed by atoms with Gasteiger partial charge in [0.2, 0.25) is 0 Å². The molecule has 17 heavy (non-hydrogen) atoms. The van der Waals surface area contributed by atoms with Crippen LogP contribution in [0.2, 0.25) is 0 Å². The van der Waals surface area contributed by atoms with Gasteiger partial charge in [-0.25, -0.2) is 4.98 Å². The van der Waals surface area contributed by atoms with Gasteiger partial charge in [0.25, 0.3) is 5.56 Å². The van der Waals surface area contributed by atoms with Crippen LogP contribution in [0.15, 0.2) is 16.2 Å². The maximum Gasteiger partial charge on any atom is 0.268 e. The van der Waals surface area contributed by atoms with Gasteiger partial charge in [-0.3, -0.25) is 9.00 Å². The van der Waals surface area contributed by atoms with Crippen LogP contribution in [0.3, 0.4) is 0 Å². The highest BCUT2D eigenvalue weighted by molar-refractivity contribution is 7.84. The molecule has 2 N–H and O–H groups in total. The minimum atomic E-state index is -0.797. The first-order valence-corrected chi connectivity index (χ1v) is 7.74. The van der Waals surface area contributed by atoms with Crippen LogP contribution in [-0.4, -0.2) is 32.7 Å². The van der Waals surface area contributed by atoms with Crippen molar-refractivity contribution in [1.29, 1.82) is 0 Å². The zero-order valence-electron chi connectivity index (χ0n) is 9.36. The predicted octanol–water partition coefficient (Wildman–Crippen LogP) is 0.453. The van der Waals surface area contributed by atoms with Crippen LogP contribution < -0.4 is 10.9 Å². The summed E-state index contributed by atoms with van der Waals surface area (Å²) in [6.45, 7) is 1.13. The van der Waals surface area contributed by atoms with E-state index in [1.54, 1.807) is 6.26 Å². The molecule has 0 saturated carbocycles. The molecule has 92 valence electrons. The lowest BCUT2D eigenvalue weighted by Crippen LogP contribution is -2.22. The lowest BCUT2D eigenvalue weighted by Gasteiger charge is -2.02. The van der Waals surface area contributed by atoms with Gasteiger partial charge in [0.15, 0.2) is 0 Å². The molecule has 2 rings (SSSR count). The molecule has 0 saturated heterocycles. The first kappa shape index (κ1) is 12.4. The fraction of sp³-hybridized carbons (Fsp3) is 0.400. The highest BCUT2D eigenvalue weighted by Gasteiger charge is 2.04. The molecule has 0 aliphatic heterocycles. The number of nitrogens with zero attached hydrogens (tertiary/aromatic N) is 1. The average Bonchev–Trinajstić information content (AvgIpc) is 2.72. The molecular formula is C10H13N3O2S2. The normalized spacial score (nSPS) is 13.0. The van der Waals surface area contributed by atoms with Gasteiger partial charge in [-0.15, -0.1) is 11.3 Å². The lowest BCUT2D eigenvalue weighted by atomic mass is 10.4. The van der Waals surface area contributed by atoms with E-state index in [4.69, 9.17) is 0 Å². The largest absolute Gasteiger partial charge is 0.309 e.